The Balaban J connectivity index is 4.04. The molecular formula is C13H24O2. The first-order valence-corrected chi connectivity index (χ1v) is 5.74. The van der Waals surface area contributed by atoms with Crippen LogP contribution in [0, 0.1) is 5.92 Å². The molecule has 0 radical (unpaired) electrons. The second-order valence-corrected chi connectivity index (χ2v) is 4.86. The maximum Gasteiger partial charge on any atom is 0.309 e. The quantitative estimate of drug-likeness (QED) is 0.381. The van der Waals surface area contributed by atoms with Gasteiger partial charge >= 0.3 is 5.97 Å². The number of carbonyl (C=O) groups excluding carboxylic acids is 1. The molecule has 2 heteroatoms. The zero-order chi connectivity index (χ0) is 11.9. The van der Waals surface area contributed by atoms with Gasteiger partial charge in [-0.15, -0.1) is 6.58 Å². The lowest BCUT2D eigenvalue weighted by Gasteiger charge is -2.23. The Morgan fingerprint density at radius 3 is 2.47 bits per heavy atom. The van der Waals surface area contributed by atoms with Crippen LogP contribution in [-0.4, -0.2) is 11.6 Å². The number of allylic oxidation sites excluding steroid dienone is 1. The summed E-state index contributed by atoms with van der Waals surface area (Å²) in [7, 11) is 0. The van der Waals surface area contributed by atoms with Gasteiger partial charge in [-0.3, -0.25) is 4.79 Å². The number of carbonyl (C=O) groups is 1. The molecule has 15 heavy (non-hydrogen) atoms. The Bertz CT molecular complexity index is 201. The van der Waals surface area contributed by atoms with Gasteiger partial charge in [0.15, 0.2) is 0 Å². The molecule has 0 aromatic rings. The summed E-state index contributed by atoms with van der Waals surface area (Å²) < 4.78 is 5.36. The van der Waals surface area contributed by atoms with Crippen LogP contribution in [0.15, 0.2) is 12.7 Å². The molecule has 0 aliphatic carbocycles. The summed E-state index contributed by atoms with van der Waals surface area (Å²) in [5, 5.41) is 0. The maximum absolute atomic E-state index is 11.7. The van der Waals surface area contributed by atoms with Gasteiger partial charge < -0.3 is 4.74 Å². The summed E-state index contributed by atoms with van der Waals surface area (Å²) in [4.78, 5) is 11.7. The van der Waals surface area contributed by atoms with E-state index in [2.05, 4.69) is 6.58 Å². The van der Waals surface area contributed by atoms with Crippen molar-refractivity contribution >= 4 is 5.97 Å². The molecule has 0 aliphatic heterocycles. The van der Waals surface area contributed by atoms with Crippen LogP contribution in [0.5, 0.6) is 0 Å². The van der Waals surface area contributed by atoms with Crippen molar-refractivity contribution in [3.63, 3.8) is 0 Å². The van der Waals surface area contributed by atoms with E-state index >= 15 is 0 Å². The van der Waals surface area contributed by atoms with E-state index in [1.807, 2.05) is 33.8 Å². The summed E-state index contributed by atoms with van der Waals surface area (Å²) in [5.41, 5.74) is -0.372. The van der Waals surface area contributed by atoms with E-state index in [-0.39, 0.29) is 17.5 Å². The number of esters is 1. The normalized spacial score (nSPS) is 13.3. The summed E-state index contributed by atoms with van der Waals surface area (Å²) in [5.74, 6) is -0.0155. The van der Waals surface area contributed by atoms with Crippen LogP contribution < -0.4 is 0 Å². The van der Waals surface area contributed by atoms with Gasteiger partial charge in [0.25, 0.3) is 0 Å². The van der Waals surface area contributed by atoms with Crippen molar-refractivity contribution < 1.29 is 9.53 Å². The molecule has 0 fully saturated rings. The summed E-state index contributed by atoms with van der Waals surface area (Å²) in [6.45, 7) is 11.4. The average Bonchev–Trinajstić information content (AvgIpc) is 2.09. The maximum atomic E-state index is 11.7. The molecule has 0 rings (SSSR count). The lowest BCUT2D eigenvalue weighted by molar-refractivity contribution is -0.160. The molecule has 0 aromatic heterocycles. The highest BCUT2D eigenvalue weighted by Gasteiger charge is 2.23. The predicted molar refractivity (Wildman–Crippen MR) is 63.7 cm³/mol. The Kier molecular flexibility index (Phi) is 6.30. The van der Waals surface area contributed by atoms with Gasteiger partial charge in [0, 0.05) is 0 Å². The van der Waals surface area contributed by atoms with Crippen molar-refractivity contribution in [2.45, 2.75) is 59.0 Å². The smallest absolute Gasteiger partial charge is 0.309 e. The fourth-order valence-corrected chi connectivity index (χ4v) is 1.38. The second kappa shape index (κ2) is 6.65. The van der Waals surface area contributed by atoms with Crippen LogP contribution in [0.2, 0.25) is 0 Å². The highest BCUT2D eigenvalue weighted by Crippen LogP contribution is 2.18. The number of hydrogen-bond donors (Lipinski definition) is 0. The van der Waals surface area contributed by atoms with Gasteiger partial charge in [-0.05, 0) is 46.5 Å². The molecule has 1 atom stereocenters. The lowest BCUT2D eigenvalue weighted by Crippen LogP contribution is -2.28. The van der Waals surface area contributed by atoms with E-state index in [1.165, 1.54) is 0 Å². The van der Waals surface area contributed by atoms with E-state index in [4.69, 9.17) is 4.74 Å². The number of unbranched alkanes of at least 4 members (excludes halogenated alkanes) is 1. The third-order valence-electron chi connectivity index (χ3n) is 2.19. The Hall–Kier alpha value is -0.790. The molecule has 0 aliphatic rings. The van der Waals surface area contributed by atoms with E-state index in [9.17, 15) is 4.79 Å². The average molecular weight is 212 g/mol. The van der Waals surface area contributed by atoms with Crippen molar-refractivity contribution in [3.05, 3.63) is 12.7 Å². The third-order valence-corrected chi connectivity index (χ3v) is 2.19. The number of hydrogen-bond acceptors (Lipinski definition) is 2. The Morgan fingerprint density at radius 2 is 2.07 bits per heavy atom. The monoisotopic (exact) mass is 212 g/mol. The van der Waals surface area contributed by atoms with Crippen molar-refractivity contribution in [2.75, 3.05) is 0 Å². The third kappa shape index (κ3) is 7.18. The van der Waals surface area contributed by atoms with E-state index in [1.54, 1.807) is 0 Å². The van der Waals surface area contributed by atoms with Crippen LogP contribution in [0.4, 0.5) is 0 Å². The molecule has 88 valence electrons. The van der Waals surface area contributed by atoms with Crippen LogP contribution in [0.1, 0.15) is 53.4 Å². The minimum atomic E-state index is -0.372. The molecule has 0 N–H and O–H groups in total. The van der Waals surface area contributed by atoms with Gasteiger partial charge in [-0.1, -0.05) is 13.0 Å². The van der Waals surface area contributed by atoms with Gasteiger partial charge in [0.1, 0.15) is 5.60 Å². The first-order valence-electron chi connectivity index (χ1n) is 5.74. The molecule has 0 bridgehead atoms. The molecule has 1 unspecified atom stereocenters. The summed E-state index contributed by atoms with van der Waals surface area (Å²) in [6, 6.07) is 0. The second-order valence-electron chi connectivity index (χ2n) is 4.86. The van der Waals surface area contributed by atoms with Crippen LogP contribution in [0.25, 0.3) is 0 Å². The lowest BCUT2D eigenvalue weighted by atomic mass is 9.99. The zero-order valence-corrected chi connectivity index (χ0v) is 10.5. The summed E-state index contributed by atoms with van der Waals surface area (Å²) >= 11 is 0. The summed E-state index contributed by atoms with van der Waals surface area (Å²) in [6.07, 6.45) is 5.63. The SMILES string of the molecule is C=CCCCC(CC)C(=O)OC(C)(C)C. The Labute approximate surface area is 93.7 Å². The predicted octanol–water partition coefficient (Wildman–Crippen LogP) is 3.71. The first-order chi connectivity index (χ1) is 6.90. The minimum Gasteiger partial charge on any atom is -0.460 e. The van der Waals surface area contributed by atoms with E-state index < -0.39 is 0 Å². The van der Waals surface area contributed by atoms with Gasteiger partial charge in [-0.2, -0.15) is 0 Å². The topological polar surface area (TPSA) is 26.3 Å². The molecular weight excluding hydrogens is 188 g/mol. The molecule has 0 saturated carbocycles. The fraction of sp³-hybridized carbons (Fsp3) is 0.769. The van der Waals surface area contributed by atoms with Crippen molar-refractivity contribution in [3.8, 4) is 0 Å². The molecule has 0 amide bonds. The van der Waals surface area contributed by atoms with Gasteiger partial charge in [0.2, 0.25) is 0 Å². The fourth-order valence-electron chi connectivity index (χ4n) is 1.38. The molecule has 2 nitrogen and oxygen atoms in total. The van der Waals surface area contributed by atoms with Crippen molar-refractivity contribution in [1.29, 1.82) is 0 Å². The van der Waals surface area contributed by atoms with Crippen molar-refractivity contribution in [2.24, 2.45) is 5.92 Å². The van der Waals surface area contributed by atoms with Crippen molar-refractivity contribution in [1.82, 2.24) is 0 Å². The minimum absolute atomic E-state index is 0.0455. The molecule has 0 saturated heterocycles. The Morgan fingerprint density at radius 1 is 1.47 bits per heavy atom. The number of ether oxygens (including phenoxy) is 1. The van der Waals surface area contributed by atoms with Crippen LogP contribution in [0.3, 0.4) is 0 Å². The highest BCUT2D eigenvalue weighted by molar-refractivity contribution is 5.72. The number of rotatable bonds is 6. The van der Waals surface area contributed by atoms with Gasteiger partial charge in [0.05, 0.1) is 5.92 Å². The standard InChI is InChI=1S/C13H24O2/c1-6-8-9-10-11(7-2)12(14)15-13(3,4)5/h6,11H,1,7-10H2,2-5H3. The zero-order valence-electron chi connectivity index (χ0n) is 10.5. The largest absolute Gasteiger partial charge is 0.460 e. The highest BCUT2D eigenvalue weighted by atomic mass is 16.6. The molecule has 0 heterocycles. The molecule has 0 aromatic carbocycles. The van der Waals surface area contributed by atoms with Crippen LogP contribution >= 0.6 is 0 Å². The molecule has 0 spiro atoms. The van der Waals surface area contributed by atoms with Gasteiger partial charge in [-0.25, -0.2) is 0 Å². The first kappa shape index (κ1) is 14.2. The van der Waals surface area contributed by atoms with Crippen LogP contribution in [-0.2, 0) is 9.53 Å². The van der Waals surface area contributed by atoms with E-state index in [0.717, 1.165) is 25.7 Å². The van der Waals surface area contributed by atoms with E-state index in [0.29, 0.717) is 0 Å².